The van der Waals surface area contributed by atoms with Crippen molar-refractivity contribution in [3.05, 3.63) is 70.5 Å². The smallest absolute Gasteiger partial charge is 0.303 e. The van der Waals surface area contributed by atoms with Crippen molar-refractivity contribution in [1.29, 1.82) is 0 Å². The third kappa shape index (κ3) is 3.82. The SMILES string of the molecule is CC(=O)O[C@@H]1c2cc(F)ccc2Cc2ccccc2[C@@H]1C[C@@H]1COC(C)(C)O1. The number of hydrogen-bond acceptors (Lipinski definition) is 4. The maximum atomic E-state index is 14.1. The number of ether oxygens (including phenoxy) is 3. The molecule has 0 saturated carbocycles. The fraction of sp³-hybridized carbons (Fsp3) is 0.435. The van der Waals surface area contributed by atoms with Crippen molar-refractivity contribution in [3.8, 4) is 0 Å². The van der Waals surface area contributed by atoms with Crippen LogP contribution in [0.1, 0.15) is 61.5 Å². The van der Waals surface area contributed by atoms with Gasteiger partial charge < -0.3 is 14.2 Å². The Labute approximate surface area is 164 Å². The van der Waals surface area contributed by atoms with Crippen LogP contribution in [0.25, 0.3) is 0 Å². The lowest BCUT2D eigenvalue weighted by Gasteiger charge is -2.29. The van der Waals surface area contributed by atoms with E-state index in [1.54, 1.807) is 6.07 Å². The average molecular weight is 384 g/mol. The molecule has 1 aliphatic carbocycles. The van der Waals surface area contributed by atoms with E-state index in [9.17, 15) is 9.18 Å². The summed E-state index contributed by atoms with van der Waals surface area (Å²) in [6.07, 6.45) is 0.599. The van der Waals surface area contributed by atoms with Gasteiger partial charge in [-0.1, -0.05) is 30.3 Å². The molecule has 2 aliphatic rings. The van der Waals surface area contributed by atoms with Crippen molar-refractivity contribution in [2.24, 2.45) is 0 Å². The highest BCUT2D eigenvalue weighted by Gasteiger charge is 2.40. The quantitative estimate of drug-likeness (QED) is 0.722. The van der Waals surface area contributed by atoms with Crippen molar-refractivity contribution in [3.63, 3.8) is 0 Å². The molecule has 2 aromatic carbocycles. The van der Waals surface area contributed by atoms with E-state index in [4.69, 9.17) is 14.2 Å². The van der Waals surface area contributed by atoms with Gasteiger partial charge in [-0.25, -0.2) is 4.39 Å². The monoisotopic (exact) mass is 384 g/mol. The summed E-state index contributed by atoms with van der Waals surface area (Å²) >= 11 is 0. The summed E-state index contributed by atoms with van der Waals surface area (Å²) in [7, 11) is 0. The van der Waals surface area contributed by atoms with Crippen LogP contribution < -0.4 is 0 Å². The third-order valence-electron chi connectivity index (χ3n) is 5.49. The summed E-state index contributed by atoms with van der Waals surface area (Å²) in [5.41, 5.74) is 3.98. The highest BCUT2D eigenvalue weighted by atomic mass is 19.1. The van der Waals surface area contributed by atoms with Crippen LogP contribution >= 0.6 is 0 Å². The van der Waals surface area contributed by atoms with Crippen molar-refractivity contribution >= 4 is 5.97 Å². The van der Waals surface area contributed by atoms with Crippen LogP contribution in [0.4, 0.5) is 4.39 Å². The van der Waals surface area contributed by atoms with E-state index in [1.165, 1.54) is 19.1 Å². The second-order valence-corrected chi connectivity index (χ2v) is 8.04. The highest BCUT2D eigenvalue weighted by molar-refractivity contribution is 5.66. The summed E-state index contributed by atoms with van der Waals surface area (Å²) in [6, 6.07) is 12.9. The number of hydrogen-bond donors (Lipinski definition) is 0. The van der Waals surface area contributed by atoms with E-state index in [-0.39, 0.29) is 23.8 Å². The minimum Gasteiger partial charge on any atom is -0.457 e. The van der Waals surface area contributed by atoms with Gasteiger partial charge in [0.25, 0.3) is 0 Å². The average Bonchev–Trinajstić information content (AvgIpc) is 2.92. The van der Waals surface area contributed by atoms with Gasteiger partial charge in [-0.3, -0.25) is 4.79 Å². The molecule has 0 radical (unpaired) electrons. The Morgan fingerprint density at radius 2 is 1.93 bits per heavy atom. The molecule has 0 spiro atoms. The Kier molecular flexibility index (Phi) is 4.98. The summed E-state index contributed by atoms with van der Waals surface area (Å²) < 4.78 is 31.7. The van der Waals surface area contributed by atoms with E-state index in [0.717, 1.165) is 22.3 Å². The van der Waals surface area contributed by atoms with E-state index in [0.29, 0.717) is 19.4 Å². The van der Waals surface area contributed by atoms with Crippen LogP contribution in [0.15, 0.2) is 42.5 Å². The molecule has 4 rings (SSSR count). The van der Waals surface area contributed by atoms with Crippen molar-refractivity contribution < 1.29 is 23.4 Å². The molecule has 148 valence electrons. The van der Waals surface area contributed by atoms with E-state index in [2.05, 4.69) is 12.1 Å². The molecular weight excluding hydrogens is 359 g/mol. The molecule has 1 heterocycles. The molecule has 0 bridgehead atoms. The topological polar surface area (TPSA) is 44.8 Å². The summed E-state index contributed by atoms with van der Waals surface area (Å²) in [6.45, 7) is 5.66. The van der Waals surface area contributed by atoms with Gasteiger partial charge in [-0.2, -0.15) is 0 Å². The Hall–Kier alpha value is -2.24. The molecule has 3 atom stereocenters. The first kappa shape index (κ1) is 19.1. The van der Waals surface area contributed by atoms with E-state index >= 15 is 0 Å². The Morgan fingerprint density at radius 1 is 1.18 bits per heavy atom. The molecule has 0 N–H and O–H groups in total. The van der Waals surface area contributed by atoms with Crippen molar-refractivity contribution in [1.82, 2.24) is 0 Å². The van der Waals surface area contributed by atoms with Gasteiger partial charge in [0.15, 0.2) is 5.79 Å². The third-order valence-corrected chi connectivity index (χ3v) is 5.49. The second-order valence-electron chi connectivity index (χ2n) is 8.04. The van der Waals surface area contributed by atoms with Crippen molar-refractivity contribution in [2.75, 3.05) is 6.61 Å². The minimum absolute atomic E-state index is 0.124. The first-order chi connectivity index (χ1) is 13.3. The molecule has 0 unspecified atom stereocenters. The molecule has 1 fully saturated rings. The number of carbonyl (C=O) groups is 1. The van der Waals surface area contributed by atoms with Crippen LogP contribution in [-0.4, -0.2) is 24.5 Å². The first-order valence-corrected chi connectivity index (χ1v) is 9.67. The summed E-state index contributed by atoms with van der Waals surface area (Å²) in [5, 5.41) is 0. The van der Waals surface area contributed by atoms with E-state index in [1.807, 2.05) is 26.0 Å². The number of benzene rings is 2. The molecule has 1 saturated heterocycles. The predicted octanol–water partition coefficient (Wildman–Crippen LogP) is 4.66. The van der Waals surface area contributed by atoms with Gasteiger partial charge in [0, 0.05) is 12.8 Å². The van der Waals surface area contributed by atoms with Crippen LogP contribution in [0.3, 0.4) is 0 Å². The fourth-order valence-corrected chi connectivity index (χ4v) is 4.37. The lowest BCUT2D eigenvalue weighted by molar-refractivity contribution is -0.151. The summed E-state index contributed by atoms with van der Waals surface area (Å²) in [4.78, 5) is 11.9. The van der Waals surface area contributed by atoms with Crippen LogP contribution in [0.5, 0.6) is 0 Å². The Balaban J connectivity index is 1.80. The van der Waals surface area contributed by atoms with Gasteiger partial charge >= 0.3 is 5.97 Å². The molecule has 5 heteroatoms. The van der Waals surface area contributed by atoms with Gasteiger partial charge in [-0.05, 0) is 61.1 Å². The standard InChI is InChI=1S/C23H25FO4/c1-14(25)27-22-20-11-17(24)9-8-16(20)10-15-6-4-5-7-19(15)21(22)12-18-13-26-23(2,3)28-18/h4-9,11,18,21-22H,10,12-13H2,1-3H3/t18-,21+,22-/m1/s1. The number of fused-ring (bicyclic) bond motifs is 2. The number of esters is 1. The van der Waals surface area contributed by atoms with Crippen LogP contribution in [-0.2, 0) is 25.4 Å². The molecule has 2 aromatic rings. The molecular formula is C23H25FO4. The second kappa shape index (κ2) is 7.30. The molecule has 0 amide bonds. The normalized spacial score (nSPS) is 25.5. The number of carbonyl (C=O) groups excluding carboxylic acids is 1. The molecule has 4 nitrogen and oxygen atoms in total. The van der Waals surface area contributed by atoms with Crippen LogP contribution in [0.2, 0.25) is 0 Å². The molecule has 1 aliphatic heterocycles. The van der Waals surface area contributed by atoms with Crippen molar-refractivity contribution in [2.45, 2.75) is 57.5 Å². The maximum Gasteiger partial charge on any atom is 0.303 e. The Bertz CT molecular complexity index is 892. The number of rotatable bonds is 3. The van der Waals surface area contributed by atoms with Gasteiger partial charge in [-0.15, -0.1) is 0 Å². The minimum atomic E-state index is -0.629. The lowest BCUT2D eigenvalue weighted by Crippen LogP contribution is -2.25. The van der Waals surface area contributed by atoms with Crippen LogP contribution in [0, 0.1) is 5.82 Å². The number of halogens is 1. The van der Waals surface area contributed by atoms with Gasteiger partial charge in [0.1, 0.15) is 11.9 Å². The van der Waals surface area contributed by atoms with Gasteiger partial charge in [0.2, 0.25) is 0 Å². The predicted molar refractivity (Wildman–Crippen MR) is 102 cm³/mol. The first-order valence-electron chi connectivity index (χ1n) is 9.67. The summed E-state index contributed by atoms with van der Waals surface area (Å²) in [5.74, 6) is -1.49. The zero-order valence-corrected chi connectivity index (χ0v) is 16.4. The highest BCUT2D eigenvalue weighted by Crippen LogP contribution is 2.45. The fourth-order valence-electron chi connectivity index (χ4n) is 4.37. The van der Waals surface area contributed by atoms with Gasteiger partial charge in [0.05, 0.1) is 12.7 Å². The maximum absolute atomic E-state index is 14.1. The van der Waals surface area contributed by atoms with E-state index < -0.39 is 11.9 Å². The zero-order chi connectivity index (χ0) is 19.9. The lowest BCUT2D eigenvalue weighted by atomic mass is 9.84. The largest absolute Gasteiger partial charge is 0.457 e. The zero-order valence-electron chi connectivity index (χ0n) is 16.4. The molecule has 0 aromatic heterocycles. The Morgan fingerprint density at radius 3 is 2.64 bits per heavy atom. The molecule has 28 heavy (non-hydrogen) atoms.